The van der Waals surface area contributed by atoms with Crippen LogP contribution >= 0.6 is 0 Å². The number of aliphatic hydroxyl groups excluding tert-OH is 1. The molecule has 0 spiro atoms. The Morgan fingerprint density at radius 1 is 1.22 bits per heavy atom. The van der Waals surface area contributed by atoms with Crippen molar-refractivity contribution in [2.45, 2.75) is 19.5 Å². The molecule has 0 bridgehead atoms. The van der Waals surface area contributed by atoms with Gasteiger partial charge in [0.05, 0.1) is 44.9 Å². The van der Waals surface area contributed by atoms with Crippen LogP contribution in [0.1, 0.15) is 6.92 Å². The first kappa shape index (κ1) is 20.4. The van der Waals surface area contributed by atoms with E-state index in [1.165, 1.54) is 0 Å². The van der Waals surface area contributed by atoms with E-state index in [2.05, 4.69) is 10.1 Å². The number of aromatic nitrogens is 6. The molecule has 1 atom stereocenters. The first-order valence-corrected chi connectivity index (χ1v) is 10.6. The lowest BCUT2D eigenvalue weighted by Gasteiger charge is -2.35. The Morgan fingerprint density at radius 2 is 2.06 bits per heavy atom. The molecule has 0 unspecified atom stereocenters. The van der Waals surface area contributed by atoms with E-state index in [0.717, 1.165) is 17.7 Å². The molecule has 0 aliphatic carbocycles. The number of benzene rings is 1. The summed E-state index contributed by atoms with van der Waals surface area (Å²) in [5.74, 6) is 1.56. The highest BCUT2D eigenvalue weighted by Crippen LogP contribution is 2.31. The van der Waals surface area contributed by atoms with E-state index in [1.54, 1.807) is 18.1 Å². The predicted octanol–water partition coefficient (Wildman–Crippen LogP) is 1.90. The quantitative estimate of drug-likeness (QED) is 0.490. The molecule has 1 fully saturated rings. The summed E-state index contributed by atoms with van der Waals surface area (Å²) in [6, 6.07) is 9.72. The maximum Gasteiger partial charge on any atom is 0.254 e. The molecule has 1 saturated heterocycles. The van der Waals surface area contributed by atoms with Gasteiger partial charge >= 0.3 is 0 Å². The van der Waals surface area contributed by atoms with E-state index in [0.29, 0.717) is 48.6 Å². The fourth-order valence-electron chi connectivity index (χ4n) is 3.96. The minimum atomic E-state index is -0.200. The number of ether oxygens (including phenoxy) is 2. The third kappa shape index (κ3) is 3.47. The predicted molar refractivity (Wildman–Crippen MR) is 119 cm³/mol. The van der Waals surface area contributed by atoms with Gasteiger partial charge in [-0.3, -0.25) is 0 Å². The first-order valence-electron chi connectivity index (χ1n) is 10.6. The zero-order chi connectivity index (χ0) is 22.1. The third-order valence-corrected chi connectivity index (χ3v) is 5.65. The minimum absolute atomic E-state index is 0.0386. The van der Waals surface area contributed by atoms with E-state index in [9.17, 15) is 5.11 Å². The lowest BCUT2D eigenvalue weighted by Crippen LogP contribution is -2.48. The van der Waals surface area contributed by atoms with Crippen LogP contribution in [0.5, 0.6) is 5.88 Å². The average molecular weight is 435 g/mol. The van der Waals surface area contributed by atoms with Crippen LogP contribution < -0.4 is 9.64 Å². The number of morpholine rings is 1. The number of hydrogen-bond acceptors (Lipinski definition) is 8. The highest BCUT2D eigenvalue weighted by molar-refractivity contribution is 5.84. The summed E-state index contributed by atoms with van der Waals surface area (Å²) in [7, 11) is 1.60. The van der Waals surface area contributed by atoms with Crippen molar-refractivity contribution in [1.82, 2.24) is 29.3 Å². The number of fused-ring (bicyclic) bond motifs is 1. The van der Waals surface area contributed by atoms with Crippen molar-refractivity contribution in [2.75, 3.05) is 38.4 Å². The van der Waals surface area contributed by atoms with Crippen LogP contribution in [0, 0.1) is 0 Å². The molecule has 166 valence electrons. The van der Waals surface area contributed by atoms with Crippen molar-refractivity contribution >= 4 is 17.0 Å². The lowest BCUT2D eigenvalue weighted by molar-refractivity contribution is 0.0724. The smallest absolute Gasteiger partial charge is 0.254 e. The first-order chi connectivity index (χ1) is 15.7. The second-order valence-corrected chi connectivity index (χ2v) is 7.52. The SMILES string of the molecule is CCn1cnc2c(N3CCOC[C@H]3CO)nc(-n3cc(-c4ccccc4)c(OC)n3)nc21. The molecule has 5 rings (SSSR count). The molecule has 0 amide bonds. The van der Waals surface area contributed by atoms with Crippen LogP contribution in [0.3, 0.4) is 0 Å². The van der Waals surface area contributed by atoms with Crippen LogP contribution in [0.2, 0.25) is 0 Å². The van der Waals surface area contributed by atoms with Gasteiger partial charge in [-0.2, -0.15) is 9.97 Å². The lowest BCUT2D eigenvalue weighted by atomic mass is 10.1. The zero-order valence-corrected chi connectivity index (χ0v) is 18.0. The Balaban J connectivity index is 1.67. The third-order valence-electron chi connectivity index (χ3n) is 5.65. The minimum Gasteiger partial charge on any atom is -0.479 e. The Labute approximate surface area is 185 Å². The summed E-state index contributed by atoms with van der Waals surface area (Å²) in [6.45, 7) is 4.31. The molecule has 4 aromatic rings. The van der Waals surface area contributed by atoms with Crippen LogP contribution in [0.15, 0.2) is 42.9 Å². The Morgan fingerprint density at radius 3 is 2.81 bits per heavy atom. The van der Waals surface area contributed by atoms with Crippen molar-refractivity contribution in [3.63, 3.8) is 0 Å². The number of methoxy groups -OCH3 is 1. The van der Waals surface area contributed by atoms with Crippen molar-refractivity contribution in [3.05, 3.63) is 42.9 Å². The van der Waals surface area contributed by atoms with Gasteiger partial charge in [0.2, 0.25) is 5.88 Å². The normalized spacial score (nSPS) is 16.6. The molecule has 32 heavy (non-hydrogen) atoms. The van der Waals surface area contributed by atoms with Gasteiger partial charge in [0, 0.05) is 19.3 Å². The molecule has 0 radical (unpaired) electrons. The number of imidazole rings is 1. The number of hydrogen-bond donors (Lipinski definition) is 1. The van der Waals surface area contributed by atoms with Crippen LogP contribution in [-0.4, -0.2) is 73.9 Å². The molecule has 1 aliphatic rings. The molecule has 4 heterocycles. The second kappa shape index (κ2) is 8.56. The van der Waals surface area contributed by atoms with Gasteiger partial charge in [-0.05, 0) is 12.5 Å². The average Bonchev–Trinajstić information content (AvgIpc) is 3.48. The monoisotopic (exact) mass is 435 g/mol. The summed E-state index contributed by atoms with van der Waals surface area (Å²) in [6.07, 6.45) is 3.63. The fourth-order valence-corrected chi connectivity index (χ4v) is 3.96. The van der Waals surface area contributed by atoms with E-state index < -0.39 is 0 Å². The van der Waals surface area contributed by atoms with Gasteiger partial charge < -0.3 is 24.0 Å². The number of rotatable bonds is 6. The standard InChI is InChI=1S/C22H25N7O3/c1-3-27-14-23-18-19(27)24-22(25-20(18)28-9-10-32-13-16(28)12-30)29-11-17(21(26-29)31-2)15-7-5-4-6-8-15/h4-8,11,14,16,30H,3,9-10,12-13H2,1-2H3/t16-/m1/s1. The molecule has 3 aromatic heterocycles. The number of aryl methyl sites for hydroxylation is 1. The zero-order valence-electron chi connectivity index (χ0n) is 18.0. The van der Waals surface area contributed by atoms with Crippen molar-refractivity contribution in [3.8, 4) is 23.0 Å². The molecule has 10 heteroatoms. The van der Waals surface area contributed by atoms with Gasteiger partial charge in [-0.15, -0.1) is 5.10 Å². The van der Waals surface area contributed by atoms with Crippen LogP contribution in [0.25, 0.3) is 28.2 Å². The largest absolute Gasteiger partial charge is 0.479 e. The summed E-state index contributed by atoms with van der Waals surface area (Å²) in [5, 5.41) is 14.5. The molecular formula is C22H25N7O3. The topological polar surface area (TPSA) is 103 Å². The number of anilines is 1. The molecule has 10 nitrogen and oxygen atoms in total. The van der Waals surface area contributed by atoms with Gasteiger partial charge in [0.25, 0.3) is 5.95 Å². The summed E-state index contributed by atoms with van der Waals surface area (Å²) >= 11 is 0. The van der Waals surface area contributed by atoms with E-state index >= 15 is 0 Å². The molecule has 1 N–H and O–H groups in total. The number of aliphatic hydroxyl groups is 1. The van der Waals surface area contributed by atoms with E-state index in [1.807, 2.05) is 52.9 Å². The van der Waals surface area contributed by atoms with E-state index in [-0.39, 0.29) is 12.6 Å². The Kier molecular flexibility index (Phi) is 5.46. The van der Waals surface area contributed by atoms with Crippen molar-refractivity contribution in [1.29, 1.82) is 0 Å². The van der Waals surface area contributed by atoms with Crippen LogP contribution in [0.4, 0.5) is 5.82 Å². The number of nitrogens with zero attached hydrogens (tertiary/aromatic N) is 7. The maximum atomic E-state index is 9.91. The Hall–Kier alpha value is -3.50. The maximum absolute atomic E-state index is 9.91. The molecule has 1 aromatic carbocycles. The van der Waals surface area contributed by atoms with Crippen molar-refractivity contribution in [2.24, 2.45) is 0 Å². The summed E-state index contributed by atoms with van der Waals surface area (Å²) < 4.78 is 14.7. The van der Waals surface area contributed by atoms with Gasteiger partial charge in [-0.1, -0.05) is 30.3 Å². The van der Waals surface area contributed by atoms with Gasteiger partial charge in [0.1, 0.15) is 0 Å². The molecule has 0 saturated carbocycles. The van der Waals surface area contributed by atoms with Crippen molar-refractivity contribution < 1.29 is 14.6 Å². The highest BCUT2D eigenvalue weighted by atomic mass is 16.5. The molecule has 1 aliphatic heterocycles. The Bertz CT molecular complexity index is 1220. The fraction of sp³-hybridized carbons (Fsp3) is 0.364. The summed E-state index contributed by atoms with van der Waals surface area (Å²) in [5.41, 5.74) is 3.25. The van der Waals surface area contributed by atoms with Gasteiger partial charge in [-0.25, -0.2) is 9.67 Å². The summed E-state index contributed by atoms with van der Waals surface area (Å²) in [4.78, 5) is 16.2. The molecular weight excluding hydrogens is 410 g/mol. The second-order valence-electron chi connectivity index (χ2n) is 7.52. The van der Waals surface area contributed by atoms with Crippen LogP contribution in [-0.2, 0) is 11.3 Å². The van der Waals surface area contributed by atoms with E-state index in [4.69, 9.17) is 19.4 Å². The van der Waals surface area contributed by atoms with Gasteiger partial charge in [0.15, 0.2) is 17.0 Å². The highest BCUT2D eigenvalue weighted by Gasteiger charge is 2.28.